The van der Waals surface area contributed by atoms with Crippen LogP contribution in [0.1, 0.15) is 11.1 Å². The minimum absolute atomic E-state index is 0.0549. The summed E-state index contributed by atoms with van der Waals surface area (Å²) in [6, 6.07) is 13.3. The number of benzene rings is 2. The molecular formula is C15H15BrO3. The lowest BCUT2D eigenvalue weighted by molar-refractivity contribution is 0.256. The average molecular weight is 323 g/mol. The van der Waals surface area contributed by atoms with Gasteiger partial charge in [-0.3, -0.25) is 0 Å². The number of halogens is 1. The number of ether oxygens (including phenoxy) is 2. The zero-order valence-electron chi connectivity index (χ0n) is 10.6. The summed E-state index contributed by atoms with van der Waals surface area (Å²) in [4.78, 5) is 0. The topological polar surface area (TPSA) is 38.7 Å². The minimum Gasteiger partial charge on any atom is -0.496 e. The van der Waals surface area contributed by atoms with E-state index in [2.05, 4.69) is 15.9 Å². The highest BCUT2D eigenvalue weighted by molar-refractivity contribution is 9.10. The van der Waals surface area contributed by atoms with E-state index >= 15 is 0 Å². The Morgan fingerprint density at radius 2 is 1.79 bits per heavy atom. The van der Waals surface area contributed by atoms with E-state index in [-0.39, 0.29) is 6.61 Å². The Labute approximate surface area is 120 Å². The Kier molecular flexibility index (Phi) is 4.82. The number of rotatable bonds is 5. The van der Waals surface area contributed by atoms with Gasteiger partial charge in [0.05, 0.1) is 18.2 Å². The summed E-state index contributed by atoms with van der Waals surface area (Å²) in [6.45, 7) is 0.334. The summed E-state index contributed by atoms with van der Waals surface area (Å²) in [5.41, 5.74) is 1.72. The van der Waals surface area contributed by atoms with Crippen LogP contribution in [0.5, 0.6) is 11.5 Å². The molecule has 2 aromatic carbocycles. The van der Waals surface area contributed by atoms with Crippen molar-refractivity contribution in [3.8, 4) is 11.5 Å². The van der Waals surface area contributed by atoms with Gasteiger partial charge in [0.2, 0.25) is 0 Å². The second kappa shape index (κ2) is 6.59. The fourth-order valence-electron chi connectivity index (χ4n) is 1.81. The standard InChI is InChI=1S/C15H15BrO3/c1-18-14-8-3-2-5-12(14)10-19-15-11(9-17)6-4-7-13(15)16/h2-8,17H,9-10H2,1H3. The molecule has 0 atom stereocenters. The molecule has 3 nitrogen and oxygen atoms in total. The van der Waals surface area contributed by atoms with Crippen LogP contribution in [-0.4, -0.2) is 12.2 Å². The lowest BCUT2D eigenvalue weighted by atomic mass is 10.2. The third kappa shape index (κ3) is 3.28. The van der Waals surface area contributed by atoms with E-state index in [1.54, 1.807) is 7.11 Å². The van der Waals surface area contributed by atoms with Crippen molar-refractivity contribution in [3.63, 3.8) is 0 Å². The van der Waals surface area contributed by atoms with Crippen LogP contribution < -0.4 is 9.47 Å². The lowest BCUT2D eigenvalue weighted by Crippen LogP contribution is -2.01. The molecule has 0 unspecified atom stereocenters. The van der Waals surface area contributed by atoms with Crippen LogP contribution in [0, 0.1) is 0 Å². The van der Waals surface area contributed by atoms with Crippen molar-refractivity contribution >= 4 is 15.9 Å². The predicted molar refractivity (Wildman–Crippen MR) is 77.4 cm³/mol. The van der Waals surface area contributed by atoms with Crippen LogP contribution in [0.15, 0.2) is 46.9 Å². The fourth-order valence-corrected chi connectivity index (χ4v) is 2.33. The highest BCUT2D eigenvalue weighted by Gasteiger charge is 2.09. The Hall–Kier alpha value is -1.52. The maximum Gasteiger partial charge on any atom is 0.139 e. The number of hydrogen-bond acceptors (Lipinski definition) is 3. The molecule has 0 aromatic heterocycles. The van der Waals surface area contributed by atoms with Crippen LogP contribution >= 0.6 is 15.9 Å². The van der Waals surface area contributed by atoms with E-state index < -0.39 is 0 Å². The average Bonchev–Trinajstić information content (AvgIpc) is 2.46. The van der Waals surface area contributed by atoms with Gasteiger partial charge in [-0.05, 0) is 28.1 Å². The molecule has 19 heavy (non-hydrogen) atoms. The summed E-state index contributed by atoms with van der Waals surface area (Å²) in [5, 5.41) is 9.32. The Balaban J connectivity index is 2.19. The molecular weight excluding hydrogens is 308 g/mol. The summed E-state index contributed by atoms with van der Waals surface area (Å²) < 4.78 is 11.9. The first kappa shape index (κ1) is 13.9. The van der Waals surface area contributed by atoms with Crippen LogP contribution in [-0.2, 0) is 13.2 Å². The minimum atomic E-state index is -0.0549. The molecule has 2 rings (SSSR count). The first-order chi connectivity index (χ1) is 9.26. The van der Waals surface area contributed by atoms with Crippen LogP contribution in [0.2, 0.25) is 0 Å². The van der Waals surface area contributed by atoms with Crippen molar-refractivity contribution < 1.29 is 14.6 Å². The van der Waals surface area contributed by atoms with Gasteiger partial charge in [0, 0.05) is 11.1 Å². The van der Waals surface area contributed by atoms with Crippen molar-refractivity contribution in [1.29, 1.82) is 0 Å². The maximum absolute atomic E-state index is 9.32. The van der Waals surface area contributed by atoms with E-state index in [0.717, 1.165) is 21.3 Å². The SMILES string of the molecule is COc1ccccc1COc1c(Br)cccc1CO. The number of aliphatic hydroxyl groups excluding tert-OH is 1. The fraction of sp³-hybridized carbons (Fsp3) is 0.200. The predicted octanol–water partition coefficient (Wildman–Crippen LogP) is 3.53. The zero-order chi connectivity index (χ0) is 13.7. The normalized spacial score (nSPS) is 10.3. The molecule has 0 fully saturated rings. The molecule has 0 heterocycles. The molecule has 0 saturated heterocycles. The number of aliphatic hydroxyl groups is 1. The first-order valence-electron chi connectivity index (χ1n) is 5.89. The summed E-state index contributed by atoms with van der Waals surface area (Å²) in [7, 11) is 1.64. The quantitative estimate of drug-likeness (QED) is 0.915. The molecule has 0 spiro atoms. The molecule has 2 aromatic rings. The zero-order valence-corrected chi connectivity index (χ0v) is 12.2. The van der Waals surface area contributed by atoms with Gasteiger partial charge in [-0.25, -0.2) is 0 Å². The third-order valence-corrected chi connectivity index (χ3v) is 3.41. The molecule has 0 aliphatic heterocycles. The van der Waals surface area contributed by atoms with Crippen molar-refractivity contribution in [2.75, 3.05) is 7.11 Å². The Morgan fingerprint density at radius 3 is 2.53 bits per heavy atom. The molecule has 0 aliphatic carbocycles. The molecule has 0 saturated carbocycles. The van der Waals surface area contributed by atoms with Gasteiger partial charge in [0.15, 0.2) is 0 Å². The number of methoxy groups -OCH3 is 1. The summed E-state index contributed by atoms with van der Waals surface area (Å²) in [5.74, 6) is 1.45. The van der Waals surface area contributed by atoms with Crippen LogP contribution in [0.4, 0.5) is 0 Å². The lowest BCUT2D eigenvalue weighted by Gasteiger charge is -2.13. The van der Waals surface area contributed by atoms with E-state index in [9.17, 15) is 5.11 Å². The molecule has 4 heteroatoms. The number of para-hydroxylation sites is 2. The van der Waals surface area contributed by atoms with Crippen molar-refractivity contribution in [2.45, 2.75) is 13.2 Å². The largest absolute Gasteiger partial charge is 0.496 e. The van der Waals surface area contributed by atoms with Gasteiger partial charge in [0.25, 0.3) is 0 Å². The highest BCUT2D eigenvalue weighted by atomic mass is 79.9. The maximum atomic E-state index is 9.32. The van der Waals surface area contributed by atoms with Gasteiger partial charge in [-0.15, -0.1) is 0 Å². The van der Waals surface area contributed by atoms with Crippen molar-refractivity contribution in [3.05, 3.63) is 58.1 Å². The summed E-state index contributed by atoms with van der Waals surface area (Å²) in [6.07, 6.45) is 0. The smallest absolute Gasteiger partial charge is 0.139 e. The molecule has 0 aliphatic rings. The second-order valence-electron chi connectivity index (χ2n) is 3.99. The van der Waals surface area contributed by atoms with E-state index in [0.29, 0.717) is 12.4 Å². The molecule has 1 N–H and O–H groups in total. The van der Waals surface area contributed by atoms with Crippen LogP contribution in [0.25, 0.3) is 0 Å². The van der Waals surface area contributed by atoms with Gasteiger partial charge in [-0.2, -0.15) is 0 Å². The van der Waals surface area contributed by atoms with E-state index in [4.69, 9.17) is 9.47 Å². The van der Waals surface area contributed by atoms with Crippen molar-refractivity contribution in [1.82, 2.24) is 0 Å². The van der Waals surface area contributed by atoms with Crippen molar-refractivity contribution in [2.24, 2.45) is 0 Å². The van der Waals surface area contributed by atoms with Gasteiger partial charge >= 0.3 is 0 Å². The van der Waals surface area contributed by atoms with E-state index in [1.165, 1.54) is 0 Å². The van der Waals surface area contributed by atoms with Gasteiger partial charge in [-0.1, -0.05) is 30.3 Å². The van der Waals surface area contributed by atoms with Gasteiger partial charge < -0.3 is 14.6 Å². The first-order valence-corrected chi connectivity index (χ1v) is 6.68. The summed E-state index contributed by atoms with van der Waals surface area (Å²) >= 11 is 3.43. The number of hydrogen-bond donors (Lipinski definition) is 1. The molecule has 0 bridgehead atoms. The Morgan fingerprint density at radius 1 is 1.05 bits per heavy atom. The Bertz CT molecular complexity index is 555. The van der Waals surface area contributed by atoms with E-state index in [1.807, 2.05) is 42.5 Å². The third-order valence-electron chi connectivity index (χ3n) is 2.78. The molecule has 0 radical (unpaired) electrons. The molecule has 0 amide bonds. The van der Waals surface area contributed by atoms with Gasteiger partial charge in [0.1, 0.15) is 18.1 Å². The highest BCUT2D eigenvalue weighted by Crippen LogP contribution is 2.30. The van der Waals surface area contributed by atoms with Crippen LogP contribution in [0.3, 0.4) is 0 Å². The molecule has 100 valence electrons. The monoisotopic (exact) mass is 322 g/mol. The second-order valence-corrected chi connectivity index (χ2v) is 4.84.